The molecule has 0 bridgehead atoms. The van der Waals surface area contributed by atoms with E-state index in [1.807, 2.05) is 25.1 Å². The Morgan fingerprint density at radius 2 is 2.35 bits per heavy atom. The highest BCUT2D eigenvalue weighted by molar-refractivity contribution is 8.01. The number of nitrogens with two attached hydrogens (primary N) is 1. The normalized spacial score (nSPS) is 11.2. The van der Waals surface area contributed by atoms with E-state index in [1.165, 1.54) is 11.8 Å². The molecule has 20 heavy (non-hydrogen) atoms. The lowest BCUT2D eigenvalue weighted by Gasteiger charge is -2.00. The summed E-state index contributed by atoms with van der Waals surface area (Å²) in [6.07, 6.45) is 0.878. The van der Waals surface area contributed by atoms with Crippen LogP contribution in [0.4, 0.5) is 5.69 Å². The molecule has 3 rings (SSSR count). The van der Waals surface area contributed by atoms with Crippen molar-refractivity contribution in [1.82, 2.24) is 19.7 Å². The van der Waals surface area contributed by atoms with Gasteiger partial charge in [0.2, 0.25) is 0 Å². The quantitative estimate of drug-likeness (QED) is 0.722. The third-order valence-electron chi connectivity index (χ3n) is 2.74. The van der Waals surface area contributed by atoms with Crippen molar-refractivity contribution < 1.29 is 0 Å². The van der Waals surface area contributed by atoms with Gasteiger partial charge in [-0.25, -0.2) is 14.9 Å². The Balaban J connectivity index is 1.95. The fourth-order valence-corrected chi connectivity index (χ4v) is 3.92. The molecule has 0 saturated heterocycles. The van der Waals surface area contributed by atoms with E-state index >= 15 is 0 Å². The van der Waals surface area contributed by atoms with Gasteiger partial charge in [-0.1, -0.05) is 6.92 Å². The van der Waals surface area contributed by atoms with Crippen molar-refractivity contribution in [2.24, 2.45) is 0 Å². The Labute approximate surface area is 123 Å². The number of fused-ring (bicyclic) bond motifs is 1. The van der Waals surface area contributed by atoms with Crippen molar-refractivity contribution in [3.8, 4) is 0 Å². The molecule has 104 valence electrons. The first-order valence-electron chi connectivity index (χ1n) is 6.16. The summed E-state index contributed by atoms with van der Waals surface area (Å²) in [6.45, 7) is 2.67. The van der Waals surface area contributed by atoms with Crippen molar-refractivity contribution in [2.45, 2.75) is 29.4 Å². The van der Waals surface area contributed by atoms with Gasteiger partial charge in [0.15, 0.2) is 9.50 Å². The van der Waals surface area contributed by atoms with Crippen molar-refractivity contribution in [3.63, 3.8) is 0 Å². The van der Waals surface area contributed by atoms with Gasteiger partial charge in [0.25, 0.3) is 0 Å². The highest BCUT2D eigenvalue weighted by Crippen LogP contribution is 2.33. The fraction of sp³-hybridized carbons (Fsp3) is 0.250. The zero-order chi connectivity index (χ0) is 14.1. The molecule has 0 spiro atoms. The van der Waals surface area contributed by atoms with Gasteiger partial charge in [0.05, 0.1) is 10.2 Å². The van der Waals surface area contributed by atoms with Crippen LogP contribution in [0.15, 0.2) is 32.5 Å². The van der Waals surface area contributed by atoms with Gasteiger partial charge in [0, 0.05) is 12.2 Å². The minimum Gasteiger partial charge on any atom is -0.399 e. The molecule has 0 atom stereocenters. The van der Waals surface area contributed by atoms with Crippen molar-refractivity contribution in [2.75, 3.05) is 5.73 Å². The molecule has 8 heteroatoms. The maximum Gasteiger partial charge on any atom is 0.343 e. The fourth-order valence-electron chi connectivity index (χ4n) is 1.84. The Bertz CT molecular complexity index is 804. The van der Waals surface area contributed by atoms with Crippen LogP contribution in [-0.4, -0.2) is 19.7 Å². The molecular weight excluding hydrogens is 294 g/mol. The number of rotatable bonds is 4. The molecule has 3 N–H and O–H groups in total. The smallest absolute Gasteiger partial charge is 0.343 e. The average molecular weight is 307 g/mol. The summed E-state index contributed by atoms with van der Waals surface area (Å²) in [7, 11) is 0. The number of hydrogen-bond acceptors (Lipinski definition) is 6. The van der Waals surface area contributed by atoms with Crippen LogP contribution in [0.3, 0.4) is 0 Å². The molecule has 2 heterocycles. The van der Waals surface area contributed by atoms with Crippen molar-refractivity contribution >= 4 is 39.0 Å². The first-order valence-corrected chi connectivity index (χ1v) is 7.80. The average Bonchev–Trinajstić information content (AvgIpc) is 2.96. The lowest BCUT2D eigenvalue weighted by Crippen LogP contribution is -2.17. The SMILES string of the molecule is CCCn1c(Sc2nc3ccc(N)cc3s2)n[nH]c1=O. The van der Waals surface area contributed by atoms with Gasteiger partial charge in [-0.05, 0) is 36.4 Å². The van der Waals surface area contributed by atoms with Crippen LogP contribution in [0, 0.1) is 0 Å². The number of benzene rings is 1. The molecule has 0 aliphatic rings. The topological polar surface area (TPSA) is 89.6 Å². The lowest BCUT2D eigenvalue weighted by atomic mass is 10.3. The lowest BCUT2D eigenvalue weighted by molar-refractivity contribution is 0.604. The Morgan fingerprint density at radius 3 is 3.15 bits per heavy atom. The molecule has 0 unspecified atom stereocenters. The van der Waals surface area contributed by atoms with E-state index in [2.05, 4.69) is 15.2 Å². The number of nitrogen functional groups attached to an aromatic ring is 1. The molecule has 0 saturated carbocycles. The number of aromatic amines is 1. The van der Waals surface area contributed by atoms with Crippen LogP contribution in [0.25, 0.3) is 10.2 Å². The molecule has 6 nitrogen and oxygen atoms in total. The summed E-state index contributed by atoms with van der Waals surface area (Å²) in [4.78, 5) is 16.2. The van der Waals surface area contributed by atoms with E-state index in [-0.39, 0.29) is 5.69 Å². The summed E-state index contributed by atoms with van der Waals surface area (Å²) < 4.78 is 3.51. The zero-order valence-corrected chi connectivity index (χ0v) is 12.4. The minimum atomic E-state index is -0.181. The molecule has 1 aromatic carbocycles. The van der Waals surface area contributed by atoms with Crippen LogP contribution in [0.2, 0.25) is 0 Å². The number of anilines is 1. The largest absolute Gasteiger partial charge is 0.399 e. The highest BCUT2D eigenvalue weighted by Gasteiger charge is 2.12. The van der Waals surface area contributed by atoms with Crippen LogP contribution in [0.5, 0.6) is 0 Å². The third kappa shape index (κ3) is 2.44. The number of thiazole rings is 1. The monoisotopic (exact) mass is 307 g/mol. The first-order chi connectivity index (χ1) is 9.67. The van der Waals surface area contributed by atoms with Gasteiger partial charge >= 0.3 is 5.69 Å². The van der Waals surface area contributed by atoms with Crippen LogP contribution < -0.4 is 11.4 Å². The second-order valence-corrected chi connectivity index (χ2v) is 6.52. The van der Waals surface area contributed by atoms with Crippen LogP contribution in [-0.2, 0) is 6.54 Å². The molecule has 3 aromatic rings. The van der Waals surface area contributed by atoms with Gasteiger partial charge in [-0.15, -0.1) is 16.4 Å². The van der Waals surface area contributed by atoms with E-state index in [1.54, 1.807) is 15.9 Å². The number of hydrogen-bond donors (Lipinski definition) is 2. The third-order valence-corrected chi connectivity index (χ3v) is 4.81. The standard InChI is InChI=1S/C12H13N5OS2/c1-2-5-17-10(18)15-16-11(17)20-12-14-8-4-3-7(13)6-9(8)19-12/h3-4,6H,2,5,13H2,1H3,(H,15,18). The highest BCUT2D eigenvalue weighted by atomic mass is 32.2. The Morgan fingerprint density at radius 1 is 1.50 bits per heavy atom. The molecule has 2 aromatic heterocycles. The molecule has 0 aliphatic carbocycles. The summed E-state index contributed by atoms with van der Waals surface area (Å²) in [5.41, 5.74) is 7.21. The van der Waals surface area contributed by atoms with E-state index in [9.17, 15) is 4.79 Å². The Hall–Kier alpha value is -1.80. The predicted octanol–water partition coefficient (Wildman–Crippen LogP) is 2.32. The van der Waals surface area contributed by atoms with Crippen LogP contribution in [0.1, 0.15) is 13.3 Å². The minimum absolute atomic E-state index is 0.181. The molecule has 0 radical (unpaired) electrons. The molecule has 0 amide bonds. The van der Waals surface area contributed by atoms with Crippen molar-refractivity contribution in [3.05, 3.63) is 28.7 Å². The van der Waals surface area contributed by atoms with Gasteiger partial charge in [-0.3, -0.25) is 4.57 Å². The molecule has 0 fully saturated rings. The van der Waals surface area contributed by atoms with Gasteiger partial charge in [-0.2, -0.15) is 0 Å². The summed E-state index contributed by atoms with van der Waals surface area (Å²) in [5, 5.41) is 7.17. The van der Waals surface area contributed by atoms with E-state index in [0.29, 0.717) is 11.7 Å². The second kappa shape index (κ2) is 5.29. The van der Waals surface area contributed by atoms with E-state index < -0.39 is 0 Å². The maximum absolute atomic E-state index is 11.6. The molecule has 0 aliphatic heterocycles. The first kappa shape index (κ1) is 13.2. The summed E-state index contributed by atoms with van der Waals surface area (Å²) in [6, 6.07) is 5.63. The summed E-state index contributed by atoms with van der Waals surface area (Å²) in [5.74, 6) is 0. The number of aromatic nitrogens is 4. The second-order valence-electron chi connectivity index (χ2n) is 4.27. The number of H-pyrrole nitrogens is 1. The van der Waals surface area contributed by atoms with Crippen LogP contribution >= 0.6 is 23.1 Å². The zero-order valence-electron chi connectivity index (χ0n) is 10.8. The van der Waals surface area contributed by atoms with E-state index in [4.69, 9.17) is 5.73 Å². The van der Waals surface area contributed by atoms with Gasteiger partial charge in [0.1, 0.15) is 0 Å². The number of nitrogens with zero attached hydrogens (tertiary/aromatic N) is 3. The van der Waals surface area contributed by atoms with Crippen molar-refractivity contribution in [1.29, 1.82) is 0 Å². The predicted molar refractivity (Wildman–Crippen MR) is 81.3 cm³/mol. The van der Waals surface area contributed by atoms with E-state index in [0.717, 1.165) is 26.7 Å². The van der Waals surface area contributed by atoms with Gasteiger partial charge < -0.3 is 5.73 Å². The summed E-state index contributed by atoms with van der Waals surface area (Å²) >= 11 is 2.94. The Kier molecular flexibility index (Phi) is 3.49. The molecular formula is C12H13N5OS2. The number of nitrogens with one attached hydrogen (secondary N) is 1. The maximum atomic E-state index is 11.6.